The summed E-state index contributed by atoms with van der Waals surface area (Å²) in [5, 5.41) is 9.35. The van der Waals surface area contributed by atoms with E-state index in [-0.39, 0.29) is 12.0 Å². The summed E-state index contributed by atoms with van der Waals surface area (Å²) in [4.78, 5) is 12.7. The number of carbonyl (C=O) groups excluding carboxylic acids is 1. The van der Waals surface area contributed by atoms with Crippen LogP contribution in [0.1, 0.15) is 25.8 Å². The van der Waals surface area contributed by atoms with Gasteiger partial charge < -0.3 is 10.1 Å². The van der Waals surface area contributed by atoms with Crippen LogP contribution >= 0.6 is 11.6 Å². The zero-order valence-electron chi connectivity index (χ0n) is 15.2. The van der Waals surface area contributed by atoms with E-state index in [0.29, 0.717) is 11.6 Å². The van der Waals surface area contributed by atoms with E-state index in [0.717, 1.165) is 41.6 Å². The Bertz CT molecular complexity index is 949. The van der Waals surface area contributed by atoms with Gasteiger partial charge in [-0.1, -0.05) is 41.9 Å². The van der Waals surface area contributed by atoms with Gasteiger partial charge in [-0.3, -0.25) is 9.48 Å². The minimum atomic E-state index is -0.437. The lowest BCUT2D eigenvalue weighted by Gasteiger charge is -2.16. The van der Waals surface area contributed by atoms with Crippen LogP contribution in [0, 0.1) is 0 Å². The van der Waals surface area contributed by atoms with E-state index in [1.165, 1.54) is 0 Å². The fraction of sp³-hybridized carbons (Fsp3) is 0.333. The van der Waals surface area contributed by atoms with Gasteiger partial charge in [0.05, 0.1) is 11.6 Å². The number of nitrogens with zero attached hydrogens (tertiary/aromatic N) is 2. The molecule has 0 aliphatic carbocycles. The number of rotatable bonds is 5. The van der Waals surface area contributed by atoms with E-state index in [1.807, 2.05) is 55.5 Å². The quantitative estimate of drug-likeness (QED) is 0.717. The molecule has 5 nitrogen and oxygen atoms in total. The first-order valence-electron chi connectivity index (χ1n) is 9.26. The maximum Gasteiger partial charge on any atom is 0.244 e. The highest BCUT2D eigenvalue weighted by atomic mass is 35.5. The van der Waals surface area contributed by atoms with Gasteiger partial charge >= 0.3 is 0 Å². The second-order valence-electron chi connectivity index (χ2n) is 6.88. The first-order valence-corrected chi connectivity index (χ1v) is 9.64. The van der Waals surface area contributed by atoms with Gasteiger partial charge in [0.25, 0.3) is 0 Å². The molecule has 4 rings (SSSR count). The van der Waals surface area contributed by atoms with Crippen molar-refractivity contribution >= 4 is 28.4 Å². The first kappa shape index (κ1) is 18.0. The largest absolute Gasteiger partial charge is 0.376 e. The summed E-state index contributed by atoms with van der Waals surface area (Å²) in [5.74, 6) is -0.0653. The van der Waals surface area contributed by atoms with E-state index in [2.05, 4.69) is 5.32 Å². The van der Waals surface area contributed by atoms with Gasteiger partial charge in [0.15, 0.2) is 0 Å². The molecule has 2 atom stereocenters. The van der Waals surface area contributed by atoms with Crippen molar-refractivity contribution in [3.63, 3.8) is 0 Å². The van der Waals surface area contributed by atoms with Gasteiger partial charge in [0, 0.05) is 29.1 Å². The monoisotopic (exact) mass is 383 g/mol. The van der Waals surface area contributed by atoms with Crippen LogP contribution in [-0.2, 0) is 9.53 Å². The second kappa shape index (κ2) is 7.71. The third-order valence-electron chi connectivity index (χ3n) is 4.99. The van der Waals surface area contributed by atoms with Crippen molar-refractivity contribution in [3.8, 4) is 11.3 Å². The first-order chi connectivity index (χ1) is 13.1. The molecule has 2 aromatic carbocycles. The molecule has 27 heavy (non-hydrogen) atoms. The zero-order chi connectivity index (χ0) is 18.8. The topological polar surface area (TPSA) is 56.1 Å². The third-order valence-corrected chi connectivity index (χ3v) is 5.22. The van der Waals surface area contributed by atoms with E-state index < -0.39 is 6.04 Å². The number of hydrogen-bond acceptors (Lipinski definition) is 3. The summed E-state index contributed by atoms with van der Waals surface area (Å²) in [6, 6.07) is 15.1. The summed E-state index contributed by atoms with van der Waals surface area (Å²) in [7, 11) is 0. The highest BCUT2D eigenvalue weighted by Crippen LogP contribution is 2.31. The number of ether oxygens (including phenoxy) is 1. The van der Waals surface area contributed by atoms with Crippen molar-refractivity contribution in [2.24, 2.45) is 0 Å². The van der Waals surface area contributed by atoms with Gasteiger partial charge in [0.1, 0.15) is 11.7 Å². The van der Waals surface area contributed by atoms with Crippen LogP contribution in [0.15, 0.2) is 48.5 Å². The molecule has 1 aliphatic heterocycles. The maximum atomic E-state index is 12.7. The molecule has 140 valence electrons. The number of carbonyl (C=O) groups is 1. The minimum absolute atomic E-state index is 0.0653. The average molecular weight is 384 g/mol. The normalized spacial score (nSPS) is 17.9. The highest BCUT2D eigenvalue weighted by Gasteiger charge is 2.23. The predicted octanol–water partition coefficient (Wildman–Crippen LogP) is 4.21. The van der Waals surface area contributed by atoms with Crippen LogP contribution in [0.5, 0.6) is 0 Å². The molecular formula is C21H22ClN3O2. The molecule has 6 heteroatoms. The van der Waals surface area contributed by atoms with E-state index in [4.69, 9.17) is 21.4 Å². The molecule has 1 amide bonds. The van der Waals surface area contributed by atoms with E-state index >= 15 is 0 Å². The number of fused-ring (bicyclic) bond motifs is 1. The van der Waals surface area contributed by atoms with Crippen molar-refractivity contribution < 1.29 is 9.53 Å². The minimum Gasteiger partial charge on any atom is -0.376 e. The molecule has 1 saturated heterocycles. The van der Waals surface area contributed by atoms with Crippen LogP contribution in [0.3, 0.4) is 0 Å². The predicted molar refractivity (Wildman–Crippen MR) is 107 cm³/mol. The smallest absolute Gasteiger partial charge is 0.244 e. The fourth-order valence-corrected chi connectivity index (χ4v) is 3.67. The van der Waals surface area contributed by atoms with Crippen molar-refractivity contribution in [2.75, 3.05) is 13.2 Å². The standard InChI is InChI=1S/C21H22ClN3O2/c1-14(21(26)23-13-17-8-5-11-27-17)25-19-10-9-16(22)12-18(19)20(24-25)15-6-3-2-4-7-15/h2-4,6-7,9-10,12,14,17H,5,8,11,13H2,1H3,(H,23,26)/t14-,17+/m0/s1. The number of aromatic nitrogens is 2. The van der Waals surface area contributed by atoms with Crippen molar-refractivity contribution in [1.29, 1.82) is 0 Å². The Labute approximate surface area is 163 Å². The SMILES string of the molecule is C[C@@H](C(=O)NC[C@H]1CCCO1)n1nc(-c2ccccc2)c2cc(Cl)ccc21. The molecule has 2 heterocycles. The van der Waals surface area contributed by atoms with Crippen LogP contribution in [0.25, 0.3) is 22.2 Å². The Kier molecular flexibility index (Phi) is 5.14. The summed E-state index contributed by atoms with van der Waals surface area (Å²) in [6.07, 6.45) is 2.17. The molecule has 0 bridgehead atoms. The summed E-state index contributed by atoms with van der Waals surface area (Å²) < 4.78 is 7.36. The number of halogens is 1. The zero-order valence-corrected chi connectivity index (χ0v) is 15.9. The molecule has 1 N–H and O–H groups in total. The fourth-order valence-electron chi connectivity index (χ4n) is 3.50. The Hall–Kier alpha value is -2.37. The summed E-state index contributed by atoms with van der Waals surface area (Å²) >= 11 is 6.22. The molecular weight excluding hydrogens is 362 g/mol. The van der Waals surface area contributed by atoms with Gasteiger partial charge in [-0.15, -0.1) is 0 Å². The van der Waals surface area contributed by atoms with Crippen molar-refractivity contribution in [2.45, 2.75) is 31.9 Å². The van der Waals surface area contributed by atoms with Crippen LogP contribution in [0.4, 0.5) is 0 Å². The Morgan fingerprint density at radius 3 is 2.89 bits per heavy atom. The van der Waals surface area contributed by atoms with Crippen LogP contribution in [0.2, 0.25) is 5.02 Å². The van der Waals surface area contributed by atoms with Gasteiger partial charge in [-0.05, 0) is 38.0 Å². The molecule has 0 spiro atoms. The molecule has 1 aromatic heterocycles. The second-order valence-corrected chi connectivity index (χ2v) is 7.31. The lowest BCUT2D eigenvalue weighted by atomic mass is 10.1. The summed E-state index contributed by atoms with van der Waals surface area (Å²) in [5.41, 5.74) is 2.71. The van der Waals surface area contributed by atoms with Gasteiger partial charge in [0.2, 0.25) is 5.91 Å². The van der Waals surface area contributed by atoms with Gasteiger partial charge in [-0.2, -0.15) is 5.10 Å². The third kappa shape index (κ3) is 3.70. The molecule has 0 radical (unpaired) electrons. The van der Waals surface area contributed by atoms with Crippen molar-refractivity contribution in [3.05, 3.63) is 53.6 Å². The van der Waals surface area contributed by atoms with Gasteiger partial charge in [-0.25, -0.2) is 0 Å². The lowest BCUT2D eigenvalue weighted by molar-refractivity contribution is -0.124. The molecule has 1 aliphatic rings. The Morgan fingerprint density at radius 1 is 1.33 bits per heavy atom. The maximum absolute atomic E-state index is 12.7. The molecule has 0 saturated carbocycles. The Morgan fingerprint density at radius 2 is 2.15 bits per heavy atom. The number of benzene rings is 2. The molecule has 3 aromatic rings. The molecule has 1 fully saturated rings. The van der Waals surface area contributed by atoms with Crippen LogP contribution < -0.4 is 5.32 Å². The summed E-state index contributed by atoms with van der Waals surface area (Å²) in [6.45, 7) is 3.18. The van der Waals surface area contributed by atoms with Crippen molar-refractivity contribution in [1.82, 2.24) is 15.1 Å². The Balaban J connectivity index is 1.65. The lowest BCUT2D eigenvalue weighted by Crippen LogP contribution is -2.36. The number of hydrogen-bond donors (Lipinski definition) is 1. The number of amides is 1. The highest BCUT2D eigenvalue weighted by molar-refractivity contribution is 6.31. The molecule has 0 unspecified atom stereocenters. The van der Waals surface area contributed by atoms with E-state index in [1.54, 1.807) is 4.68 Å². The number of nitrogens with one attached hydrogen (secondary N) is 1. The van der Waals surface area contributed by atoms with E-state index in [9.17, 15) is 4.79 Å². The van der Waals surface area contributed by atoms with Crippen LogP contribution in [-0.4, -0.2) is 34.9 Å². The average Bonchev–Trinajstić information content (AvgIpc) is 3.33.